The Labute approximate surface area is 110 Å². The van der Waals surface area contributed by atoms with E-state index in [9.17, 15) is 5.11 Å². The minimum absolute atomic E-state index is 0.230. The molecule has 0 radical (unpaired) electrons. The van der Waals surface area contributed by atoms with Gasteiger partial charge in [-0.15, -0.1) is 0 Å². The van der Waals surface area contributed by atoms with E-state index in [2.05, 4.69) is 33.8 Å². The monoisotopic (exact) mass is 253 g/mol. The molecule has 0 aromatic rings. The van der Waals surface area contributed by atoms with Crippen LogP contribution in [-0.4, -0.2) is 47.6 Å². The molecule has 102 valence electrons. The fourth-order valence-corrected chi connectivity index (χ4v) is 2.25. The van der Waals surface area contributed by atoms with Crippen LogP contribution >= 0.6 is 0 Å². The second kappa shape index (κ2) is 4.64. The summed E-state index contributed by atoms with van der Waals surface area (Å²) in [5.74, 6) is 0. The second-order valence-corrected chi connectivity index (χ2v) is 6.24. The van der Waals surface area contributed by atoms with Crippen molar-refractivity contribution < 1.29 is 14.4 Å². The van der Waals surface area contributed by atoms with Gasteiger partial charge in [0, 0.05) is 13.1 Å². The number of hydrogen-bond donors (Lipinski definition) is 1. The molecule has 1 saturated heterocycles. The molecule has 2 rings (SSSR count). The summed E-state index contributed by atoms with van der Waals surface area (Å²) >= 11 is 0. The molecule has 0 amide bonds. The maximum atomic E-state index is 9.53. The minimum Gasteiger partial charge on any atom is -0.400 e. The van der Waals surface area contributed by atoms with Crippen LogP contribution in [0.5, 0.6) is 0 Å². The van der Waals surface area contributed by atoms with E-state index in [1.165, 1.54) is 5.47 Å². The molecule has 0 spiro atoms. The van der Waals surface area contributed by atoms with Gasteiger partial charge in [0.1, 0.15) is 6.23 Å². The summed E-state index contributed by atoms with van der Waals surface area (Å²) in [6, 6.07) is 0. The van der Waals surface area contributed by atoms with Gasteiger partial charge < -0.3 is 14.4 Å². The molecule has 0 aromatic carbocycles. The minimum atomic E-state index is -0.388. The Hall–Kier alpha value is -0.355. The molecule has 0 aliphatic carbocycles. The largest absolute Gasteiger partial charge is 0.490 e. The van der Waals surface area contributed by atoms with Gasteiger partial charge in [-0.2, -0.15) is 0 Å². The molecule has 18 heavy (non-hydrogen) atoms. The summed E-state index contributed by atoms with van der Waals surface area (Å²) in [6.45, 7) is 11.7. The Bertz CT molecular complexity index is 336. The molecule has 5 heteroatoms. The Morgan fingerprint density at radius 3 is 2.22 bits per heavy atom. The van der Waals surface area contributed by atoms with Crippen molar-refractivity contribution >= 4 is 7.12 Å². The van der Waals surface area contributed by atoms with Crippen LogP contribution < -0.4 is 0 Å². The maximum Gasteiger partial charge on any atom is 0.490 e. The first-order valence-electron chi connectivity index (χ1n) is 6.70. The van der Waals surface area contributed by atoms with E-state index in [1.54, 1.807) is 6.92 Å². The molecular weight excluding hydrogens is 229 g/mol. The molecule has 0 bridgehead atoms. The average molecular weight is 253 g/mol. The fraction of sp³-hybridized carbons (Fsp3) is 0.846. The predicted octanol–water partition coefficient (Wildman–Crippen LogP) is 1.59. The normalized spacial score (nSPS) is 29.2. The highest BCUT2D eigenvalue weighted by Crippen LogP contribution is 2.39. The van der Waals surface area contributed by atoms with Gasteiger partial charge >= 0.3 is 7.12 Å². The van der Waals surface area contributed by atoms with Crippen LogP contribution in [0.4, 0.5) is 0 Å². The molecule has 2 aliphatic heterocycles. The van der Waals surface area contributed by atoms with E-state index in [1.807, 2.05) is 4.90 Å². The Balaban J connectivity index is 2.04. The van der Waals surface area contributed by atoms with Gasteiger partial charge in [0.15, 0.2) is 0 Å². The van der Waals surface area contributed by atoms with Crippen molar-refractivity contribution in [1.82, 2.24) is 4.90 Å². The van der Waals surface area contributed by atoms with Crippen LogP contribution in [0.25, 0.3) is 0 Å². The van der Waals surface area contributed by atoms with Crippen LogP contribution in [-0.2, 0) is 9.31 Å². The van der Waals surface area contributed by atoms with Crippen molar-refractivity contribution in [3.8, 4) is 0 Å². The third-order valence-corrected chi connectivity index (χ3v) is 4.36. The molecule has 1 fully saturated rings. The van der Waals surface area contributed by atoms with Gasteiger partial charge in [-0.25, -0.2) is 0 Å². The van der Waals surface area contributed by atoms with Crippen LogP contribution in [0.3, 0.4) is 0 Å². The molecule has 4 nitrogen and oxygen atoms in total. The summed E-state index contributed by atoms with van der Waals surface area (Å²) in [5.41, 5.74) is 0.644. The summed E-state index contributed by atoms with van der Waals surface area (Å²) in [6.07, 6.45) is 2.63. The lowest BCUT2D eigenvalue weighted by Crippen LogP contribution is -2.41. The Kier molecular flexibility index (Phi) is 3.62. The van der Waals surface area contributed by atoms with Gasteiger partial charge in [0.05, 0.1) is 11.2 Å². The number of nitrogens with zero attached hydrogens (tertiary/aromatic N) is 1. The lowest BCUT2D eigenvalue weighted by molar-refractivity contribution is 0.00578. The highest BCUT2D eigenvalue weighted by atomic mass is 16.7. The summed E-state index contributed by atoms with van der Waals surface area (Å²) in [7, 11) is -0.230. The summed E-state index contributed by atoms with van der Waals surface area (Å²) in [4.78, 5) is 2.02. The SMILES string of the molecule is CC(O)N1CC=C(B2OC(C)(C)C(C)(C)O2)CC1. The predicted molar refractivity (Wildman–Crippen MR) is 72.0 cm³/mol. The zero-order chi connectivity index (χ0) is 13.6. The Morgan fingerprint density at radius 1 is 1.28 bits per heavy atom. The van der Waals surface area contributed by atoms with Gasteiger partial charge in [0.2, 0.25) is 0 Å². The van der Waals surface area contributed by atoms with E-state index in [0.29, 0.717) is 0 Å². The van der Waals surface area contributed by atoms with E-state index >= 15 is 0 Å². The number of aliphatic hydroxyl groups is 1. The molecule has 0 saturated carbocycles. The maximum absolute atomic E-state index is 9.53. The fourth-order valence-electron chi connectivity index (χ4n) is 2.25. The topological polar surface area (TPSA) is 41.9 Å². The molecule has 2 heterocycles. The third kappa shape index (κ3) is 2.50. The van der Waals surface area contributed by atoms with Crippen molar-refractivity contribution in [2.45, 2.75) is 58.5 Å². The first-order chi connectivity index (χ1) is 8.23. The first kappa shape index (κ1) is 14.1. The van der Waals surface area contributed by atoms with Gasteiger partial charge in [-0.3, -0.25) is 4.90 Å². The van der Waals surface area contributed by atoms with Gasteiger partial charge in [0.25, 0.3) is 0 Å². The molecular formula is C13H24BNO3. The molecule has 1 atom stereocenters. The van der Waals surface area contributed by atoms with E-state index in [0.717, 1.165) is 19.5 Å². The molecule has 1 unspecified atom stereocenters. The zero-order valence-electron chi connectivity index (χ0n) is 12.1. The number of aliphatic hydroxyl groups excluding tert-OH is 1. The van der Waals surface area contributed by atoms with Crippen LogP contribution in [0.2, 0.25) is 0 Å². The van der Waals surface area contributed by atoms with E-state index in [-0.39, 0.29) is 24.5 Å². The standard InChI is InChI=1S/C13H24BNO3/c1-10(16)15-8-6-11(7-9-15)14-17-12(2,3)13(4,5)18-14/h6,10,16H,7-9H2,1-5H3. The first-order valence-corrected chi connectivity index (χ1v) is 6.70. The van der Waals surface area contributed by atoms with Crippen molar-refractivity contribution in [2.24, 2.45) is 0 Å². The molecule has 2 aliphatic rings. The lowest BCUT2D eigenvalue weighted by atomic mass is 9.75. The van der Waals surface area contributed by atoms with Crippen LogP contribution in [0.1, 0.15) is 41.0 Å². The summed E-state index contributed by atoms with van der Waals surface area (Å²) in [5, 5.41) is 9.53. The number of hydrogen-bond acceptors (Lipinski definition) is 4. The average Bonchev–Trinajstić information content (AvgIpc) is 2.48. The van der Waals surface area contributed by atoms with Crippen LogP contribution in [0.15, 0.2) is 11.5 Å². The smallest absolute Gasteiger partial charge is 0.400 e. The molecule has 0 aromatic heterocycles. The van der Waals surface area contributed by atoms with Gasteiger partial charge in [-0.1, -0.05) is 6.08 Å². The lowest BCUT2D eigenvalue weighted by Gasteiger charge is -2.32. The van der Waals surface area contributed by atoms with Crippen molar-refractivity contribution in [3.63, 3.8) is 0 Å². The second-order valence-electron chi connectivity index (χ2n) is 6.24. The van der Waals surface area contributed by atoms with Crippen molar-refractivity contribution in [2.75, 3.05) is 13.1 Å². The highest BCUT2D eigenvalue weighted by molar-refractivity contribution is 6.54. The number of rotatable bonds is 2. The quantitative estimate of drug-likeness (QED) is 0.759. The summed E-state index contributed by atoms with van der Waals surface area (Å²) < 4.78 is 12.1. The van der Waals surface area contributed by atoms with Gasteiger partial charge in [-0.05, 0) is 46.5 Å². The van der Waals surface area contributed by atoms with Crippen LogP contribution in [0, 0.1) is 0 Å². The van der Waals surface area contributed by atoms with Crippen molar-refractivity contribution in [3.05, 3.63) is 11.5 Å². The highest BCUT2D eigenvalue weighted by Gasteiger charge is 2.52. The van der Waals surface area contributed by atoms with E-state index < -0.39 is 0 Å². The van der Waals surface area contributed by atoms with E-state index in [4.69, 9.17) is 9.31 Å². The zero-order valence-corrected chi connectivity index (χ0v) is 12.1. The molecule has 1 N–H and O–H groups in total. The third-order valence-electron chi connectivity index (χ3n) is 4.36. The Morgan fingerprint density at radius 2 is 1.83 bits per heavy atom. The van der Waals surface area contributed by atoms with Crippen molar-refractivity contribution in [1.29, 1.82) is 0 Å².